The molecule has 26 heteroatoms. The van der Waals surface area contributed by atoms with Crippen LogP contribution in [-0.2, 0) is 50.9 Å². The van der Waals surface area contributed by atoms with E-state index in [2.05, 4.69) is 0 Å². The first-order valence-electron chi connectivity index (χ1n) is 27.8. The van der Waals surface area contributed by atoms with Crippen LogP contribution in [0.15, 0.2) is 92.4 Å². The van der Waals surface area contributed by atoms with Crippen LogP contribution in [0.2, 0.25) is 0 Å². The Morgan fingerprint density at radius 2 is 0.619 bits per heavy atom. The summed E-state index contributed by atoms with van der Waals surface area (Å²) in [6, 6.07) is 18.4. The molecule has 0 saturated heterocycles. The van der Waals surface area contributed by atoms with Crippen LogP contribution < -0.4 is 36.6 Å². The van der Waals surface area contributed by atoms with Gasteiger partial charge in [-0.3, -0.25) is 0 Å². The van der Waals surface area contributed by atoms with Crippen LogP contribution in [0.4, 0.5) is 0 Å². The van der Waals surface area contributed by atoms with E-state index in [0.29, 0.717) is 44.5 Å². The van der Waals surface area contributed by atoms with Crippen molar-refractivity contribution in [3.05, 3.63) is 83.9 Å². The maximum Gasteiger partial charge on any atom is 0.530 e. The quantitative estimate of drug-likeness (QED) is 0.0544. The third-order valence-corrected chi connectivity index (χ3v) is 24.9. The van der Waals surface area contributed by atoms with E-state index in [1.807, 2.05) is 53.7 Å². The predicted molar refractivity (Wildman–Crippen MR) is 328 cm³/mol. The van der Waals surface area contributed by atoms with Gasteiger partial charge < -0.3 is 36.6 Å². The summed E-state index contributed by atoms with van der Waals surface area (Å²) in [6.45, 7) is 27.0. The minimum atomic E-state index is -4.13. The molecule has 0 radical (unpaired) electrons. The van der Waals surface area contributed by atoms with E-state index in [1.54, 1.807) is 67.5 Å². The molecule has 0 aliphatic carbocycles. The second-order valence-corrected chi connectivity index (χ2v) is 31.6. The van der Waals surface area contributed by atoms with Crippen molar-refractivity contribution in [2.45, 2.75) is 127 Å². The van der Waals surface area contributed by atoms with E-state index in [-0.39, 0.29) is 117 Å². The Balaban J connectivity index is 1.35. The number of ether oxygens (including phenoxy) is 2. The van der Waals surface area contributed by atoms with Gasteiger partial charge in [-0.05, 0) is 70.1 Å². The molecule has 0 amide bonds. The second kappa shape index (κ2) is 24.5. The highest BCUT2D eigenvalue weighted by molar-refractivity contribution is 7.90. The maximum absolute atomic E-state index is 14.3. The highest BCUT2D eigenvalue weighted by Gasteiger charge is 2.40. The van der Waals surface area contributed by atoms with Gasteiger partial charge in [0.05, 0.1) is 44.6 Å². The smallest absolute Gasteiger partial charge is 0.497 e. The summed E-state index contributed by atoms with van der Waals surface area (Å²) in [5, 5.41) is 1.17. The molecule has 0 unspecified atom stereocenters. The zero-order valence-electron chi connectivity index (χ0n) is 50.4. The molecule has 0 spiro atoms. The highest BCUT2D eigenvalue weighted by Crippen LogP contribution is 2.60. The van der Waals surface area contributed by atoms with E-state index in [0.717, 1.165) is 0 Å². The lowest BCUT2D eigenvalue weighted by Crippen LogP contribution is -2.31. The summed E-state index contributed by atoms with van der Waals surface area (Å²) in [5.41, 5.74) is 0.441. The third-order valence-electron chi connectivity index (χ3n) is 14.7. The molecule has 2 heterocycles. The average molecular weight is 1280 g/mol. The van der Waals surface area contributed by atoms with Gasteiger partial charge in [0.25, 0.3) is 0 Å². The molecule has 0 N–H and O–H groups in total. The van der Waals surface area contributed by atoms with E-state index in [9.17, 15) is 33.7 Å². The fraction of sp³-hybridized carbons (Fsp3) is 0.448. The minimum Gasteiger partial charge on any atom is -0.497 e. The molecule has 2 aliphatic heterocycles. The fourth-order valence-electron chi connectivity index (χ4n) is 10.2. The normalized spacial score (nSPS) is 14.5. The van der Waals surface area contributed by atoms with Gasteiger partial charge in [0.2, 0.25) is 40.1 Å². The number of hydrogen-bond donors (Lipinski definition) is 0. The molecule has 84 heavy (non-hydrogen) atoms. The highest BCUT2D eigenvalue weighted by atomic mass is 32.2. The minimum absolute atomic E-state index is 0.0796. The number of sulfonamides is 4. The maximum atomic E-state index is 14.3. The van der Waals surface area contributed by atoms with Gasteiger partial charge in [-0.2, -0.15) is 17.2 Å². The van der Waals surface area contributed by atoms with Crippen LogP contribution in [0.5, 0.6) is 46.0 Å². The number of benzene rings is 6. The fourth-order valence-corrected chi connectivity index (χ4v) is 18.4. The number of hydrogen-bond acceptors (Lipinski definition) is 16. The van der Waals surface area contributed by atoms with Gasteiger partial charge in [0, 0.05) is 98.9 Å². The van der Waals surface area contributed by atoms with Crippen molar-refractivity contribution in [3.63, 3.8) is 0 Å². The number of rotatable bonds is 23. The second-order valence-electron chi connectivity index (χ2n) is 21.8. The van der Waals surface area contributed by atoms with Crippen molar-refractivity contribution in [1.82, 2.24) is 17.2 Å². The number of methoxy groups -OCH3 is 2. The SMILES string of the molecule is CCN(CC)S(=O)(=O)c1cc2c3c(cc(S(=O)(=O)N(CC)CC)cc3c1)OP(Oc1c(-c3cc(OC)cc(C(C)(C)C)c3OP3Oc4cc(S(=O)(=O)N(CC)CC)cc5cc(S(=O)(=O)N(CC)CC)cc(c45)O3)cc(OC)cc1C(C)(C)C)O2. The van der Waals surface area contributed by atoms with Crippen LogP contribution in [0.3, 0.4) is 0 Å². The van der Waals surface area contributed by atoms with Crippen molar-refractivity contribution in [3.8, 4) is 57.1 Å². The van der Waals surface area contributed by atoms with E-state index >= 15 is 0 Å². The molecule has 0 saturated carbocycles. The monoisotopic (exact) mass is 1270 g/mol. The molecule has 2 aliphatic rings. The van der Waals surface area contributed by atoms with Crippen LogP contribution in [0, 0.1) is 0 Å². The lowest BCUT2D eigenvalue weighted by molar-refractivity contribution is 0.369. The first-order chi connectivity index (χ1) is 39.4. The Bertz CT molecular complexity index is 3540. The van der Waals surface area contributed by atoms with E-state index < -0.39 is 68.1 Å². The first-order valence-corrected chi connectivity index (χ1v) is 35.7. The molecular weight excluding hydrogens is 1200 g/mol. The summed E-state index contributed by atoms with van der Waals surface area (Å²) in [4.78, 5) is -0.505. The molecule has 6 aromatic rings. The van der Waals surface area contributed by atoms with Gasteiger partial charge in [0.1, 0.15) is 46.0 Å². The van der Waals surface area contributed by atoms with Crippen molar-refractivity contribution in [2.75, 3.05) is 66.6 Å². The first kappa shape index (κ1) is 64.7. The van der Waals surface area contributed by atoms with Crippen LogP contribution >= 0.6 is 17.2 Å². The Hall–Kier alpha value is -5.26. The van der Waals surface area contributed by atoms with Crippen molar-refractivity contribution in [1.29, 1.82) is 0 Å². The van der Waals surface area contributed by atoms with Crippen LogP contribution in [-0.4, -0.2) is 117 Å². The standard InChI is InChI=1S/C58H76N4O16P2S4/c1-17-59(18-2)81(63,64)41-25-37-26-42(82(65,66)60(19-3)20-4)34-50-53(37)49(33-41)73-79(74-50)77-55-45(29-39(71-15)31-47(55)57(9,10)11)46-30-40(72-16)32-48(58(12,13)14)56(46)78-80-75-51-35-43(83(67,68)61(21-5)22-6)27-38-28-44(36-52(76-80)54(38)51)84(69,70)62(23-7)24-8/h25-36H,17-24H2,1-16H3. The molecule has 8 rings (SSSR count). The average Bonchev–Trinajstić information content (AvgIpc) is 0.897. The molecule has 0 bridgehead atoms. The van der Waals surface area contributed by atoms with Gasteiger partial charge in [-0.15, -0.1) is 0 Å². The lowest BCUT2D eigenvalue weighted by Gasteiger charge is -2.32. The summed E-state index contributed by atoms with van der Waals surface area (Å²) < 4.78 is 172. The molecule has 0 atom stereocenters. The van der Waals surface area contributed by atoms with Crippen LogP contribution in [0.25, 0.3) is 32.7 Å². The summed E-state index contributed by atoms with van der Waals surface area (Å²) in [7, 11) is -18.7. The number of nitrogens with zero attached hydrogens (tertiary/aromatic N) is 4. The van der Waals surface area contributed by atoms with Gasteiger partial charge in [-0.25, -0.2) is 33.7 Å². The van der Waals surface area contributed by atoms with Crippen molar-refractivity contribution >= 4 is 78.8 Å². The van der Waals surface area contributed by atoms with E-state index in [1.165, 1.54) is 80.0 Å². The molecule has 0 aromatic heterocycles. The van der Waals surface area contributed by atoms with Crippen molar-refractivity contribution in [2.24, 2.45) is 0 Å². The summed E-state index contributed by atoms with van der Waals surface area (Å²) >= 11 is 0. The lowest BCUT2D eigenvalue weighted by atomic mass is 9.81. The Morgan fingerprint density at radius 3 is 0.821 bits per heavy atom. The summed E-state index contributed by atoms with van der Waals surface area (Å²) in [6.07, 6.45) is 0. The third kappa shape index (κ3) is 12.1. The molecule has 0 fully saturated rings. The van der Waals surface area contributed by atoms with Gasteiger partial charge >= 0.3 is 17.2 Å². The Kier molecular flexibility index (Phi) is 18.9. The Labute approximate surface area is 498 Å². The topological polar surface area (TPSA) is 223 Å². The molecule has 6 aromatic carbocycles. The summed E-state index contributed by atoms with van der Waals surface area (Å²) in [5.74, 6) is 1.53. The molecule has 20 nitrogen and oxygen atoms in total. The predicted octanol–water partition coefficient (Wildman–Crippen LogP) is 12.5. The van der Waals surface area contributed by atoms with Gasteiger partial charge in [-0.1, -0.05) is 96.9 Å². The zero-order valence-corrected chi connectivity index (χ0v) is 55.5. The largest absolute Gasteiger partial charge is 0.530 e. The molecule has 458 valence electrons. The molecular formula is C58H76N4O16P2S4. The zero-order chi connectivity index (χ0) is 61.8. The van der Waals surface area contributed by atoms with E-state index in [4.69, 9.17) is 36.6 Å². The Morgan fingerprint density at radius 1 is 0.381 bits per heavy atom. The van der Waals surface area contributed by atoms with Crippen LogP contribution in [0.1, 0.15) is 108 Å². The van der Waals surface area contributed by atoms with Gasteiger partial charge in [0.15, 0.2) is 0 Å². The van der Waals surface area contributed by atoms with Crippen molar-refractivity contribution < 1.29 is 70.3 Å².